The van der Waals surface area contributed by atoms with Gasteiger partial charge >= 0.3 is 0 Å². The third kappa shape index (κ3) is 3.32. The first-order valence-electron chi connectivity index (χ1n) is 6.45. The van der Waals surface area contributed by atoms with Gasteiger partial charge in [0.25, 0.3) is 0 Å². The third-order valence-electron chi connectivity index (χ3n) is 3.70. The van der Waals surface area contributed by atoms with E-state index in [0.29, 0.717) is 6.42 Å². The van der Waals surface area contributed by atoms with E-state index in [0.717, 1.165) is 10.5 Å². The normalized spacial score (nSPS) is 32.2. The summed E-state index contributed by atoms with van der Waals surface area (Å²) in [5.74, 6) is 0.0578. The van der Waals surface area contributed by atoms with Crippen LogP contribution in [0.5, 0.6) is 0 Å². The molecule has 104 valence electrons. The Morgan fingerprint density at radius 1 is 1.37 bits per heavy atom. The van der Waals surface area contributed by atoms with Crippen LogP contribution in [-0.4, -0.2) is 31.9 Å². The number of aliphatic hydroxyl groups excluding tert-OH is 1. The lowest BCUT2D eigenvalue weighted by Gasteiger charge is -2.35. The summed E-state index contributed by atoms with van der Waals surface area (Å²) in [5, 5.41) is 20.1. The highest BCUT2D eigenvalue weighted by Gasteiger charge is 2.37. The molecule has 0 saturated heterocycles. The highest BCUT2D eigenvalue weighted by atomic mass is 32.2. The van der Waals surface area contributed by atoms with E-state index in [1.54, 1.807) is 12.2 Å². The Labute approximate surface area is 116 Å². The molecule has 0 heterocycles. The molecule has 1 aliphatic rings. The zero-order valence-corrected chi connectivity index (χ0v) is 12.1. The van der Waals surface area contributed by atoms with E-state index in [-0.39, 0.29) is 11.7 Å². The van der Waals surface area contributed by atoms with Crippen LogP contribution < -0.4 is 0 Å². The summed E-state index contributed by atoms with van der Waals surface area (Å²) in [6.07, 6.45) is 3.17. The second-order valence-electron chi connectivity index (χ2n) is 5.36. The third-order valence-corrected chi connectivity index (χ3v) is 5.22. The Hall–Kier alpha value is -0.970. The van der Waals surface area contributed by atoms with Crippen molar-refractivity contribution in [2.45, 2.75) is 36.9 Å². The molecule has 1 unspecified atom stereocenters. The van der Waals surface area contributed by atoms with Crippen molar-refractivity contribution in [1.82, 2.24) is 0 Å². The standard InChI is InChI=1S/C15H20O3S/c1-11-3-5-14(6-4-11)19(18)10-15(17)8-7-13(16)9-12(15)2/h3-8,12-13,16-17H,9-10H2,1-2H3/t12-,13-,15-,19?/m1/s1. The average molecular weight is 280 g/mol. The first-order valence-corrected chi connectivity index (χ1v) is 7.77. The fourth-order valence-corrected chi connectivity index (χ4v) is 3.67. The van der Waals surface area contributed by atoms with Gasteiger partial charge in [-0.15, -0.1) is 0 Å². The van der Waals surface area contributed by atoms with Gasteiger partial charge in [0.15, 0.2) is 0 Å². The molecule has 0 amide bonds. The van der Waals surface area contributed by atoms with Crippen molar-refractivity contribution in [3.63, 3.8) is 0 Å². The number of benzene rings is 1. The molecule has 4 atom stereocenters. The van der Waals surface area contributed by atoms with Crippen molar-refractivity contribution in [2.24, 2.45) is 5.92 Å². The van der Waals surface area contributed by atoms with Gasteiger partial charge in [0, 0.05) is 4.90 Å². The van der Waals surface area contributed by atoms with Crippen molar-refractivity contribution in [2.75, 3.05) is 5.75 Å². The van der Waals surface area contributed by atoms with Crippen LogP contribution in [0.1, 0.15) is 18.9 Å². The van der Waals surface area contributed by atoms with Crippen molar-refractivity contribution in [3.8, 4) is 0 Å². The average Bonchev–Trinajstić information content (AvgIpc) is 2.35. The summed E-state index contributed by atoms with van der Waals surface area (Å²) in [6.45, 7) is 3.85. The van der Waals surface area contributed by atoms with E-state index in [2.05, 4.69) is 0 Å². The lowest BCUT2D eigenvalue weighted by Crippen LogP contribution is -2.43. The Bertz CT molecular complexity index is 495. The molecular weight excluding hydrogens is 260 g/mol. The number of hydrogen-bond acceptors (Lipinski definition) is 3. The molecule has 1 aromatic rings. The van der Waals surface area contributed by atoms with Crippen LogP contribution in [0.4, 0.5) is 0 Å². The molecule has 0 aliphatic heterocycles. The van der Waals surface area contributed by atoms with Crippen LogP contribution in [-0.2, 0) is 10.8 Å². The fourth-order valence-electron chi connectivity index (χ4n) is 2.26. The zero-order valence-electron chi connectivity index (χ0n) is 11.2. The second kappa shape index (κ2) is 5.57. The van der Waals surface area contributed by atoms with Gasteiger partial charge in [0.2, 0.25) is 0 Å². The van der Waals surface area contributed by atoms with Crippen LogP contribution in [0.2, 0.25) is 0 Å². The number of rotatable bonds is 3. The zero-order chi connectivity index (χ0) is 14.0. The predicted octanol–water partition coefficient (Wildman–Crippen LogP) is 1.79. The van der Waals surface area contributed by atoms with Crippen LogP contribution in [0.15, 0.2) is 41.3 Å². The second-order valence-corrected chi connectivity index (χ2v) is 6.81. The van der Waals surface area contributed by atoms with E-state index >= 15 is 0 Å². The van der Waals surface area contributed by atoms with Gasteiger partial charge in [-0.05, 0) is 31.4 Å². The summed E-state index contributed by atoms with van der Waals surface area (Å²) in [7, 11) is -1.24. The Morgan fingerprint density at radius 3 is 2.58 bits per heavy atom. The van der Waals surface area contributed by atoms with Gasteiger partial charge in [-0.25, -0.2) is 0 Å². The molecule has 4 heteroatoms. The maximum Gasteiger partial charge on any atom is 0.0973 e. The predicted molar refractivity (Wildman–Crippen MR) is 76.3 cm³/mol. The monoisotopic (exact) mass is 280 g/mol. The first kappa shape index (κ1) is 14.4. The number of aryl methyl sites for hydroxylation is 1. The Kier molecular flexibility index (Phi) is 4.23. The summed E-state index contributed by atoms with van der Waals surface area (Å²) >= 11 is 0. The SMILES string of the molecule is Cc1ccc(S(=O)C[C@]2(O)C=C[C@@H](O)C[C@H]2C)cc1. The lowest BCUT2D eigenvalue weighted by molar-refractivity contribution is 0.0238. The smallest absolute Gasteiger partial charge is 0.0973 e. The van der Waals surface area contributed by atoms with E-state index in [4.69, 9.17) is 0 Å². The quantitative estimate of drug-likeness (QED) is 0.830. The topological polar surface area (TPSA) is 57.5 Å². The first-order chi connectivity index (χ1) is 8.90. The van der Waals surface area contributed by atoms with Crippen molar-refractivity contribution in [3.05, 3.63) is 42.0 Å². The van der Waals surface area contributed by atoms with E-state index in [1.165, 1.54) is 0 Å². The van der Waals surface area contributed by atoms with Crippen molar-refractivity contribution < 1.29 is 14.4 Å². The largest absolute Gasteiger partial charge is 0.389 e. The van der Waals surface area contributed by atoms with Crippen LogP contribution in [0.3, 0.4) is 0 Å². The molecule has 19 heavy (non-hydrogen) atoms. The van der Waals surface area contributed by atoms with E-state index in [1.807, 2.05) is 38.1 Å². The summed E-state index contributed by atoms with van der Waals surface area (Å²) < 4.78 is 12.3. The van der Waals surface area contributed by atoms with Gasteiger partial charge in [0.05, 0.1) is 28.3 Å². The molecule has 0 spiro atoms. The summed E-state index contributed by atoms with van der Waals surface area (Å²) in [6, 6.07) is 7.50. The minimum absolute atomic E-state index is 0.109. The van der Waals surface area contributed by atoms with Gasteiger partial charge in [-0.1, -0.05) is 36.8 Å². The molecule has 3 nitrogen and oxygen atoms in total. The molecule has 1 aliphatic carbocycles. The van der Waals surface area contributed by atoms with Gasteiger partial charge in [-0.3, -0.25) is 4.21 Å². The molecule has 0 bridgehead atoms. The molecule has 0 saturated carbocycles. The highest BCUT2D eigenvalue weighted by Crippen LogP contribution is 2.30. The molecule has 1 aromatic carbocycles. The molecule has 0 radical (unpaired) electrons. The van der Waals surface area contributed by atoms with E-state index in [9.17, 15) is 14.4 Å². The fraction of sp³-hybridized carbons (Fsp3) is 0.467. The van der Waals surface area contributed by atoms with Crippen LogP contribution >= 0.6 is 0 Å². The summed E-state index contributed by atoms with van der Waals surface area (Å²) in [4.78, 5) is 0.728. The van der Waals surface area contributed by atoms with Gasteiger partial charge in [-0.2, -0.15) is 0 Å². The minimum Gasteiger partial charge on any atom is -0.389 e. The maximum absolute atomic E-state index is 12.3. The number of aliphatic hydroxyl groups is 2. The van der Waals surface area contributed by atoms with Gasteiger partial charge in [0.1, 0.15) is 0 Å². The molecule has 2 rings (SSSR count). The van der Waals surface area contributed by atoms with E-state index < -0.39 is 22.5 Å². The van der Waals surface area contributed by atoms with Crippen molar-refractivity contribution >= 4 is 10.8 Å². The lowest BCUT2D eigenvalue weighted by atomic mass is 9.81. The maximum atomic E-state index is 12.3. The molecule has 2 N–H and O–H groups in total. The van der Waals surface area contributed by atoms with Gasteiger partial charge < -0.3 is 10.2 Å². The highest BCUT2D eigenvalue weighted by molar-refractivity contribution is 7.85. The summed E-state index contributed by atoms with van der Waals surface area (Å²) in [5.41, 5.74) is 0.0168. The molecule has 0 aromatic heterocycles. The van der Waals surface area contributed by atoms with Crippen LogP contribution in [0, 0.1) is 12.8 Å². The number of hydrogen-bond donors (Lipinski definition) is 2. The molecular formula is C15H20O3S. The van der Waals surface area contributed by atoms with Crippen LogP contribution in [0.25, 0.3) is 0 Å². The Balaban J connectivity index is 2.14. The van der Waals surface area contributed by atoms with Crippen molar-refractivity contribution in [1.29, 1.82) is 0 Å². The Morgan fingerprint density at radius 2 is 2.00 bits per heavy atom. The minimum atomic E-state index is -1.24. The molecule has 0 fully saturated rings.